The zero-order valence-corrected chi connectivity index (χ0v) is 17.7. The van der Waals surface area contributed by atoms with Gasteiger partial charge in [-0.3, -0.25) is 0 Å². The SMILES string of the molecule is C[C@]12CC[C@@H]3c4ccc(O)cc4CC[C@H]3[C@@H]1CC[C@@]2(O)Cc1c(F)c(F)c(F)c(F)c1F. The van der Waals surface area contributed by atoms with E-state index in [0.29, 0.717) is 12.8 Å². The maximum Gasteiger partial charge on any atom is 0.200 e. The second-order valence-corrected chi connectivity index (χ2v) is 10.1. The molecule has 2 saturated carbocycles. The Hall–Kier alpha value is -2.15. The van der Waals surface area contributed by atoms with Crippen LogP contribution < -0.4 is 0 Å². The van der Waals surface area contributed by atoms with Gasteiger partial charge in [-0.25, -0.2) is 22.0 Å². The van der Waals surface area contributed by atoms with Crippen LogP contribution in [0.15, 0.2) is 18.2 Å². The first kappa shape index (κ1) is 21.7. The number of fused-ring (bicyclic) bond motifs is 5. The highest BCUT2D eigenvalue weighted by Crippen LogP contribution is 2.65. The van der Waals surface area contributed by atoms with E-state index >= 15 is 0 Å². The lowest BCUT2D eigenvalue weighted by molar-refractivity contribution is -0.103. The molecule has 0 aliphatic heterocycles. The fourth-order valence-electron chi connectivity index (χ4n) is 7.07. The number of halogens is 5. The van der Waals surface area contributed by atoms with Crippen molar-refractivity contribution in [2.24, 2.45) is 17.3 Å². The lowest BCUT2D eigenvalue weighted by Crippen LogP contribution is -2.52. The summed E-state index contributed by atoms with van der Waals surface area (Å²) in [6.45, 7) is 1.90. The van der Waals surface area contributed by atoms with Gasteiger partial charge in [0, 0.05) is 12.0 Å². The largest absolute Gasteiger partial charge is 0.508 e. The summed E-state index contributed by atoms with van der Waals surface area (Å²) >= 11 is 0. The quantitative estimate of drug-likeness (QED) is 0.338. The number of rotatable bonds is 2. The third-order valence-corrected chi connectivity index (χ3v) is 8.80. The molecule has 172 valence electrons. The van der Waals surface area contributed by atoms with Crippen molar-refractivity contribution >= 4 is 0 Å². The molecule has 0 amide bonds. The molecule has 3 aliphatic carbocycles. The van der Waals surface area contributed by atoms with Crippen LogP contribution in [0.1, 0.15) is 61.6 Å². The van der Waals surface area contributed by atoms with Crippen molar-refractivity contribution in [1.82, 2.24) is 0 Å². The number of aliphatic hydroxyl groups is 1. The molecule has 0 spiro atoms. The van der Waals surface area contributed by atoms with Gasteiger partial charge in [-0.2, -0.15) is 0 Å². The average Bonchev–Trinajstić information content (AvgIpc) is 3.04. The van der Waals surface area contributed by atoms with Crippen molar-refractivity contribution in [2.45, 2.75) is 63.4 Å². The van der Waals surface area contributed by atoms with Crippen LogP contribution in [0.5, 0.6) is 5.75 Å². The molecular formula is C25H25F5O2. The summed E-state index contributed by atoms with van der Waals surface area (Å²) < 4.78 is 69.8. The van der Waals surface area contributed by atoms with Gasteiger partial charge in [0.15, 0.2) is 23.3 Å². The summed E-state index contributed by atoms with van der Waals surface area (Å²) in [4.78, 5) is 0. The van der Waals surface area contributed by atoms with Crippen molar-refractivity contribution < 1.29 is 32.2 Å². The van der Waals surface area contributed by atoms with E-state index in [2.05, 4.69) is 0 Å². The first-order chi connectivity index (χ1) is 15.1. The van der Waals surface area contributed by atoms with Crippen molar-refractivity contribution in [3.63, 3.8) is 0 Å². The molecule has 32 heavy (non-hydrogen) atoms. The average molecular weight is 452 g/mol. The van der Waals surface area contributed by atoms with Crippen molar-refractivity contribution in [2.75, 3.05) is 0 Å². The second-order valence-electron chi connectivity index (χ2n) is 10.1. The Kier molecular flexibility index (Phi) is 4.86. The third-order valence-electron chi connectivity index (χ3n) is 8.80. The van der Waals surface area contributed by atoms with Gasteiger partial charge in [0.2, 0.25) is 5.82 Å². The Morgan fingerprint density at radius 2 is 1.56 bits per heavy atom. The molecule has 0 heterocycles. The van der Waals surface area contributed by atoms with Crippen LogP contribution >= 0.6 is 0 Å². The highest BCUT2D eigenvalue weighted by atomic mass is 19.2. The first-order valence-electron chi connectivity index (χ1n) is 11.1. The van der Waals surface area contributed by atoms with Gasteiger partial charge in [0.05, 0.1) is 5.60 Å². The van der Waals surface area contributed by atoms with Crippen molar-refractivity contribution in [3.8, 4) is 5.75 Å². The normalized spacial score (nSPS) is 33.5. The van der Waals surface area contributed by atoms with E-state index in [1.165, 1.54) is 5.56 Å². The standard InChI is InChI=1S/C25H25F5O2/c1-24-8-6-15-14-5-3-13(31)10-12(14)2-4-16(15)18(24)7-9-25(24,32)11-17-19(26)21(28)23(30)22(29)20(17)27/h3,5,10,15-16,18,31-32H,2,4,6-9,11H2,1H3/t15-,16-,18+,24+,25-/m1/s1. The Bertz CT molecular complexity index is 1070. The lowest BCUT2D eigenvalue weighted by Gasteiger charge is -2.53. The fourth-order valence-corrected chi connectivity index (χ4v) is 7.07. The maximum atomic E-state index is 14.4. The van der Waals surface area contributed by atoms with Gasteiger partial charge in [-0.05, 0) is 85.0 Å². The zero-order valence-electron chi connectivity index (χ0n) is 17.7. The highest BCUT2D eigenvalue weighted by molar-refractivity contribution is 5.40. The number of aryl methyl sites for hydroxylation is 1. The van der Waals surface area contributed by atoms with Gasteiger partial charge < -0.3 is 10.2 Å². The number of phenols is 1. The van der Waals surface area contributed by atoms with E-state index in [9.17, 15) is 32.2 Å². The molecule has 2 aromatic carbocycles. The Morgan fingerprint density at radius 1 is 0.906 bits per heavy atom. The Labute approximate surface area is 183 Å². The number of hydrogen-bond acceptors (Lipinski definition) is 2. The van der Waals surface area contributed by atoms with E-state index in [0.717, 1.165) is 24.8 Å². The molecule has 2 fully saturated rings. The molecule has 5 atom stereocenters. The van der Waals surface area contributed by atoms with Gasteiger partial charge >= 0.3 is 0 Å². The summed E-state index contributed by atoms with van der Waals surface area (Å²) in [5, 5.41) is 21.4. The molecule has 0 unspecified atom stereocenters. The van der Waals surface area contributed by atoms with Crippen LogP contribution in [-0.4, -0.2) is 15.8 Å². The smallest absolute Gasteiger partial charge is 0.200 e. The molecule has 3 aliphatic rings. The third kappa shape index (κ3) is 2.86. The summed E-state index contributed by atoms with van der Waals surface area (Å²) in [6, 6.07) is 5.44. The minimum atomic E-state index is -2.18. The van der Waals surface area contributed by atoms with Gasteiger partial charge in [-0.1, -0.05) is 13.0 Å². The molecular weight excluding hydrogens is 427 g/mol. The molecule has 0 saturated heterocycles. The number of hydrogen-bond donors (Lipinski definition) is 2. The van der Waals surface area contributed by atoms with Crippen LogP contribution in [-0.2, 0) is 12.8 Å². The number of phenolic OH excluding ortho intramolecular Hbond substituents is 1. The van der Waals surface area contributed by atoms with Gasteiger partial charge in [0.25, 0.3) is 0 Å². The van der Waals surface area contributed by atoms with Gasteiger partial charge in [0.1, 0.15) is 5.75 Å². The fraction of sp³-hybridized carbons (Fsp3) is 0.520. The van der Waals surface area contributed by atoms with E-state index in [1.807, 2.05) is 13.0 Å². The number of aromatic hydroxyl groups is 1. The van der Waals surface area contributed by atoms with Crippen LogP contribution in [0.25, 0.3) is 0 Å². The van der Waals surface area contributed by atoms with Gasteiger partial charge in [-0.15, -0.1) is 0 Å². The molecule has 5 rings (SSSR count). The molecule has 0 aromatic heterocycles. The van der Waals surface area contributed by atoms with E-state index in [4.69, 9.17) is 0 Å². The van der Waals surface area contributed by atoms with Crippen molar-refractivity contribution in [1.29, 1.82) is 0 Å². The van der Waals surface area contributed by atoms with Crippen LogP contribution in [0.3, 0.4) is 0 Å². The second kappa shape index (κ2) is 7.17. The predicted octanol–water partition coefficient (Wildman–Crippen LogP) is 5.92. The topological polar surface area (TPSA) is 40.5 Å². The molecule has 2 aromatic rings. The summed E-state index contributed by atoms with van der Waals surface area (Å²) in [5.41, 5.74) is -0.850. The minimum Gasteiger partial charge on any atom is -0.508 e. The number of benzene rings is 2. The monoisotopic (exact) mass is 452 g/mol. The van der Waals surface area contributed by atoms with Crippen molar-refractivity contribution in [3.05, 3.63) is 64.0 Å². The summed E-state index contributed by atoms with van der Waals surface area (Å²) in [5.74, 6) is -9.00. The Balaban J connectivity index is 1.49. The predicted molar refractivity (Wildman–Crippen MR) is 108 cm³/mol. The molecule has 2 nitrogen and oxygen atoms in total. The van der Waals surface area contributed by atoms with Crippen LogP contribution in [0.4, 0.5) is 22.0 Å². The molecule has 2 N–H and O–H groups in total. The maximum absolute atomic E-state index is 14.4. The lowest BCUT2D eigenvalue weighted by atomic mass is 9.52. The van der Waals surface area contributed by atoms with E-state index in [-0.39, 0.29) is 29.9 Å². The molecule has 7 heteroatoms. The van der Waals surface area contributed by atoms with Crippen LogP contribution in [0, 0.1) is 46.3 Å². The summed E-state index contributed by atoms with van der Waals surface area (Å²) in [6.07, 6.45) is 3.30. The van der Waals surface area contributed by atoms with E-state index < -0.39 is 52.1 Å². The molecule has 0 bridgehead atoms. The highest BCUT2D eigenvalue weighted by Gasteiger charge is 2.61. The molecule has 0 radical (unpaired) electrons. The van der Waals surface area contributed by atoms with Crippen LogP contribution in [0.2, 0.25) is 0 Å². The first-order valence-corrected chi connectivity index (χ1v) is 11.1. The Morgan fingerprint density at radius 3 is 2.25 bits per heavy atom. The summed E-state index contributed by atoms with van der Waals surface area (Å²) in [7, 11) is 0. The minimum absolute atomic E-state index is 0.0782. The zero-order chi connectivity index (χ0) is 23.0. The van der Waals surface area contributed by atoms with E-state index in [1.54, 1.807) is 12.1 Å².